The van der Waals surface area contributed by atoms with Gasteiger partial charge in [-0.05, 0) is 48.9 Å². The highest BCUT2D eigenvalue weighted by molar-refractivity contribution is 6.31. The number of hydrogen-bond donors (Lipinski definition) is 1. The first-order chi connectivity index (χ1) is 13.1. The number of nitrogens with zero attached hydrogens (tertiary/aromatic N) is 1. The lowest BCUT2D eigenvalue weighted by Gasteiger charge is -2.31. The number of piperidine rings is 1. The largest absolute Gasteiger partial charge is 0.342 e. The van der Waals surface area contributed by atoms with E-state index in [4.69, 9.17) is 11.6 Å². The van der Waals surface area contributed by atoms with Gasteiger partial charge in [-0.2, -0.15) is 0 Å². The van der Waals surface area contributed by atoms with Crippen LogP contribution in [0.2, 0.25) is 5.02 Å². The van der Waals surface area contributed by atoms with Gasteiger partial charge in [0, 0.05) is 35.6 Å². The first kappa shape index (κ1) is 18.1. The van der Waals surface area contributed by atoms with Crippen LogP contribution in [-0.2, 0) is 9.59 Å². The number of carbonyl (C=O) groups excluding carboxylic acids is 2. The number of likely N-dealkylation sites (tertiary alicyclic amines) is 1. The summed E-state index contributed by atoms with van der Waals surface area (Å²) in [5, 5.41) is 3.71. The van der Waals surface area contributed by atoms with Crippen molar-refractivity contribution in [3.05, 3.63) is 65.2 Å². The lowest BCUT2D eigenvalue weighted by Crippen LogP contribution is -2.42. The molecule has 1 N–H and O–H groups in total. The molecule has 1 aliphatic heterocycles. The molecule has 1 saturated heterocycles. The molecule has 27 heavy (non-hydrogen) atoms. The standard InChI is InChI=1S/C22H23ClN2O2/c23-20-9-5-4-8-17(20)18-14-19(18)22(27)25-12-10-15(11-13-25)21(26)24-16-6-2-1-3-7-16/h1-9,15,18-19H,10-14H2,(H,24,26). The molecule has 0 bridgehead atoms. The van der Waals surface area contributed by atoms with E-state index < -0.39 is 0 Å². The summed E-state index contributed by atoms with van der Waals surface area (Å²) in [5.74, 6) is 0.508. The minimum atomic E-state index is -0.0344. The van der Waals surface area contributed by atoms with E-state index in [2.05, 4.69) is 5.32 Å². The Morgan fingerprint density at radius 3 is 2.33 bits per heavy atom. The smallest absolute Gasteiger partial charge is 0.227 e. The summed E-state index contributed by atoms with van der Waals surface area (Å²) >= 11 is 6.27. The molecule has 2 aliphatic rings. The van der Waals surface area contributed by atoms with Crippen molar-refractivity contribution in [1.29, 1.82) is 0 Å². The number of amides is 2. The van der Waals surface area contributed by atoms with Gasteiger partial charge in [-0.3, -0.25) is 9.59 Å². The number of halogens is 1. The number of rotatable bonds is 4. The van der Waals surface area contributed by atoms with Crippen molar-refractivity contribution in [2.45, 2.75) is 25.2 Å². The molecule has 2 aromatic carbocycles. The molecule has 2 amide bonds. The van der Waals surface area contributed by atoms with Crippen molar-refractivity contribution in [3.8, 4) is 0 Å². The lowest BCUT2D eigenvalue weighted by molar-refractivity contribution is -0.135. The van der Waals surface area contributed by atoms with Crippen molar-refractivity contribution in [2.24, 2.45) is 11.8 Å². The number of hydrogen-bond acceptors (Lipinski definition) is 2. The van der Waals surface area contributed by atoms with E-state index in [0.29, 0.717) is 25.9 Å². The third-order valence-corrected chi connectivity index (χ3v) is 5.98. The molecule has 4 rings (SSSR count). The zero-order valence-electron chi connectivity index (χ0n) is 15.1. The van der Waals surface area contributed by atoms with Gasteiger partial charge in [0.1, 0.15) is 0 Å². The van der Waals surface area contributed by atoms with Crippen LogP contribution in [0, 0.1) is 11.8 Å². The summed E-state index contributed by atoms with van der Waals surface area (Å²) in [6.07, 6.45) is 2.30. The zero-order valence-corrected chi connectivity index (χ0v) is 15.9. The highest BCUT2D eigenvalue weighted by atomic mass is 35.5. The minimum Gasteiger partial charge on any atom is -0.342 e. The van der Waals surface area contributed by atoms with Gasteiger partial charge in [0.25, 0.3) is 0 Å². The van der Waals surface area contributed by atoms with Crippen LogP contribution < -0.4 is 5.32 Å². The fraction of sp³-hybridized carbons (Fsp3) is 0.364. The molecule has 1 saturated carbocycles. The molecular formula is C22H23ClN2O2. The van der Waals surface area contributed by atoms with Crippen molar-refractivity contribution in [1.82, 2.24) is 4.90 Å². The Morgan fingerprint density at radius 2 is 1.63 bits per heavy atom. The number of anilines is 1. The van der Waals surface area contributed by atoms with E-state index in [-0.39, 0.29) is 29.6 Å². The molecule has 0 radical (unpaired) electrons. The van der Waals surface area contributed by atoms with Crippen LogP contribution in [0.3, 0.4) is 0 Å². The molecule has 140 valence electrons. The molecular weight excluding hydrogens is 360 g/mol. The summed E-state index contributed by atoms with van der Waals surface area (Å²) in [5.41, 5.74) is 1.90. The maximum atomic E-state index is 12.8. The van der Waals surface area contributed by atoms with Gasteiger partial charge >= 0.3 is 0 Å². The Bertz CT molecular complexity index is 831. The van der Waals surface area contributed by atoms with Gasteiger partial charge in [0.2, 0.25) is 11.8 Å². The maximum absolute atomic E-state index is 12.8. The highest BCUT2D eigenvalue weighted by Gasteiger charge is 2.47. The predicted molar refractivity (Wildman–Crippen MR) is 107 cm³/mol. The average Bonchev–Trinajstić information content (AvgIpc) is 3.49. The molecule has 0 aromatic heterocycles. The van der Waals surface area contributed by atoms with Gasteiger partial charge in [-0.25, -0.2) is 0 Å². The Morgan fingerprint density at radius 1 is 0.963 bits per heavy atom. The van der Waals surface area contributed by atoms with Gasteiger partial charge in [-0.15, -0.1) is 0 Å². The van der Waals surface area contributed by atoms with Crippen LogP contribution in [0.5, 0.6) is 0 Å². The second-order valence-corrected chi connectivity index (χ2v) is 7.83. The van der Waals surface area contributed by atoms with Crippen LogP contribution in [0.15, 0.2) is 54.6 Å². The fourth-order valence-electron chi connectivity index (χ4n) is 3.95. The first-order valence-corrected chi connectivity index (χ1v) is 9.90. The summed E-state index contributed by atoms with van der Waals surface area (Å²) in [4.78, 5) is 27.2. The van der Waals surface area contributed by atoms with Crippen LogP contribution in [0.4, 0.5) is 5.69 Å². The van der Waals surface area contributed by atoms with Gasteiger partial charge in [0.05, 0.1) is 0 Å². The van der Waals surface area contributed by atoms with Gasteiger partial charge < -0.3 is 10.2 Å². The number of para-hydroxylation sites is 1. The van der Waals surface area contributed by atoms with Crippen molar-refractivity contribution < 1.29 is 9.59 Å². The number of carbonyl (C=O) groups is 2. The van der Waals surface area contributed by atoms with Crippen LogP contribution in [0.1, 0.15) is 30.7 Å². The molecule has 2 atom stereocenters. The molecule has 2 fully saturated rings. The second-order valence-electron chi connectivity index (χ2n) is 7.43. The monoisotopic (exact) mass is 382 g/mol. The summed E-state index contributed by atoms with van der Waals surface area (Å²) < 4.78 is 0. The Hall–Kier alpha value is -2.33. The molecule has 1 aliphatic carbocycles. The second kappa shape index (κ2) is 7.73. The van der Waals surface area contributed by atoms with Crippen LogP contribution >= 0.6 is 11.6 Å². The van der Waals surface area contributed by atoms with E-state index >= 15 is 0 Å². The average molecular weight is 383 g/mol. The zero-order chi connectivity index (χ0) is 18.8. The van der Waals surface area contributed by atoms with Crippen LogP contribution in [0.25, 0.3) is 0 Å². The fourth-order valence-corrected chi connectivity index (χ4v) is 4.23. The highest BCUT2D eigenvalue weighted by Crippen LogP contribution is 2.50. The topological polar surface area (TPSA) is 49.4 Å². The molecule has 2 unspecified atom stereocenters. The van der Waals surface area contributed by atoms with Gasteiger partial charge in [0.15, 0.2) is 0 Å². The van der Waals surface area contributed by atoms with Crippen molar-refractivity contribution in [3.63, 3.8) is 0 Å². The third-order valence-electron chi connectivity index (χ3n) is 5.63. The van der Waals surface area contributed by atoms with E-state index in [1.165, 1.54) is 0 Å². The molecule has 2 aromatic rings. The number of nitrogens with one attached hydrogen (secondary N) is 1. The minimum absolute atomic E-state index is 0.0344. The van der Waals surface area contributed by atoms with Crippen LogP contribution in [-0.4, -0.2) is 29.8 Å². The lowest BCUT2D eigenvalue weighted by atomic mass is 9.95. The first-order valence-electron chi connectivity index (χ1n) is 9.52. The third kappa shape index (κ3) is 4.01. The molecule has 4 nitrogen and oxygen atoms in total. The van der Waals surface area contributed by atoms with E-state index in [1.807, 2.05) is 59.5 Å². The predicted octanol–water partition coefficient (Wildman–Crippen LogP) is 4.32. The van der Waals surface area contributed by atoms with E-state index in [0.717, 1.165) is 22.7 Å². The molecule has 0 spiro atoms. The number of benzene rings is 2. The maximum Gasteiger partial charge on any atom is 0.227 e. The van der Waals surface area contributed by atoms with Crippen molar-refractivity contribution in [2.75, 3.05) is 18.4 Å². The van der Waals surface area contributed by atoms with Crippen molar-refractivity contribution >= 4 is 29.1 Å². The molecule has 1 heterocycles. The molecule has 5 heteroatoms. The summed E-state index contributed by atoms with van der Waals surface area (Å²) in [6, 6.07) is 17.3. The van der Waals surface area contributed by atoms with E-state index in [1.54, 1.807) is 0 Å². The quantitative estimate of drug-likeness (QED) is 0.856. The normalized spacial score (nSPS) is 22.3. The Labute approximate surface area is 164 Å². The summed E-state index contributed by atoms with van der Waals surface area (Å²) in [7, 11) is 0. The Balaban J connectivity index is 1.29. The summed E-state index contributed by atoms with van der Waals surface area (Å²) in [6.45, 7) is 1.30. The van der Waals surface area contributed by atoms with E-state index in [9.17, 15) is 9.59 Å². The van der Waals surface area contributed by atoms with Gasteiger partial charge in [-0.1, -0.05) is 48.0 Å². The SMILES string of the molecule is O=C(Nc1ccccc1)C1CCN(C(=O)C2CC2c2ccccc2Cl)CC1. The Kier molecular flexibility index (Phi) is 5.17.